The van der Waals surface area contributed by atoms with Crippen molar-refractivity contribution in [3.8, 4) is 0 Å². The van der Waals surface area contributed by atoms with E-state index < -0.39 is 6.10 Å². The number of methoxy groups -OCH3 is 1. The molecule has 1 heterocycles. The van der Waals surface area contributed by atoms with Gasteiger partial charge in [0.2, 0.25) is 0 Å². The molecule has 0 saturated carbocycles. The van der Waals surface area contributed by atoms with Crippen molar-refractivity contribution < 1.29 is 9.84 Å². The highest BCUT2D eigenvalue weighted by molar-refractivity contribution is 5.26. The maximum atomic E-state index is 9.90. The molecule has 0 amide bonds. The fraction of sp³-hybridized carbons (Fsp3) is 0.750. The molecule has 1 aromatic heterocycles. The van der Waals surface area contributed by atoms with Crippen LogP contribution in [0.4, 0.5) is 0 Å². The lowest BCUT2D eigenvalue weighted by molar-refractivity contribution is 0.172. The third-order valence-electron chi connectivity index (χ3n) is 2.88. The van der Waals surface area contributed by atoms with Gasteiger partial charge in [-0.05, 0) is 26.7 Å². The standard InChI is InChI=1S/C12H22N2O2/c1-5-11(15)12-9(2)13-14(10(12)3)7-6-8-16-4/h11,15H,5-8H2,1-4H3. The zero-order valence-corrected chi connectivity index (χ0v) is 10.7. The Bertz CT molecular complexity index is 334. The number of hydrogen-bond acceptors (Lipinski definition) is 3. The predicted molar refractivity (Wildman–Crippen MR) is 63.4 cm³/mol. The third kappa shape index (κ3) is 2.83. The highest BCUT2D eigenvalue weighted by Gasteiger charge is 2.17. The number of rotatable bonds is 6. The first-order valence-corrected chi connectivity index (χ1v) is 5.82. The van der Waals surface area contributed by atoms with E-state index >= 15 is 0 Å². The summed E-state index contributed by atoms with van der Waals surface area (Å²) in [4.78, 5) is 0. The summed E-state index contributed by atoms with van der Waals surface area (Å²) in [5.74, 6) is 0. The fourth-order valence-electron chi connectivity index (χ4n) is 1.97. The topological polar surface area (TPSA) is 47.3 Å². The molecule has 1 unspecified atom stereocenters. The summed E-state index contributed by atoms with van der Waals surface area (Å²) < 4.78 is 6.98. The molecule has 0 aromatic carbocycles. The largest absolute Gasteiger partial charge is 0.388 e. The minimum absolute atomic E-state index is 0.392. The Kier molecular flexibility index (Phi) is 4.96. The number of ether oxygens (including phenoxy) is 1. The van der Waals surface area contributed by atoms with Crippen LogP contribution in [-0.2, 0) is 11.3 Å². The molecule has 0 aliphatic rings. The lowest BCUT2D eigenvalue weighted by Crippen LogP contribution is -2.06. The zero-order chi connectivity index (χ0) is 12.1. The molecule has 92 valence electrons. The van der Waals surface area contributed by atoms with Crippen molar-refractivity contribution in [1.82, 2.24) is 9.78 Å². The van der Waals surface area contributed by atoms with Crippen molar-refractivity contribution >= 4 is 0 Å². The van der Waals surface area contributed by atoms with Gasteiger partial charge in [-0.25, -0.2) is 0 Å². The second-order valence-corrected chi connectivity index (χ2v) is 4.08. The molecule has 0 aliphatic heterocycles. The van der Waals surface area contributed by atoms with Crippen LogP contribution in [0.5, 0.6) is 0 Å². The van der Waals surface area contributed by atoms with E-state index in [1.54, 1.807) is 7.11 Å². The van der Waals surface area contributed by atoms with Crippen molar-refractivity contribution in [2.75, 3.05) is 13.7 Å². The zero-order valence-electron chi connectivity index (χ0n) is 10.7. The molecule has 4 heteroatoms. The summed E-state index contributed by atoms with van der Waals surface area (Å²) in [6, 6.07) is 0. The highest BCUT2D eigenvalue weighted by Crippen LogP contribution is 2.23. The van der Waals surface area contributed by atoms with Gasteiger partial charge in [0, 0.05) is 31.5 Å². The van der Waals surface area contributed by atoms with Crippen molar-refractivity contribution in [3.05, 3.63) is 17.0 Å². The van der Waals surface area contributed by atoms with Gasteiger partial charge in [0.05, 0.1) is 11.8 Å². The van der Waals surface area contributed by atoms with Gasteiger partial charge in [-0.15, -0.1) is 0 Å². The van der Waals surface area contributed by atoms with Crippen molar-refractivity contribution in [1.29, 1.82) is 0 Å². The van der Waals surface area contributed by atoms with Crippen LogP contribution < -0.4 is 0 Å². The number of hydrogen-bond donors (Lipinski definition) is 1. The lowest BCUT2D eigenvalue weighted by Gasteiger charge is -2.09. The average molecular weight is 226 g/mol. The average Bonchev–Trinajstić information content (AvgIpc) is 2.54. The lowest BCUT2D eigenvalue weighted by atomic mass is 10.1. The van der Waals surface area contributed by atoms with Crippen LogP contribution in [0.1, 0.15) is 42.8 Å². The maximum absolute atomic E-state index is 9.90. The molecule has 1 N–H and O–H groups in total. The number of aliphatic hydroxyl groups is 1. The second-order valence-electron chi connectivity index (χ2n) is 4.08. The second kappa shape index (κ2) is 6.01. The first kappa shape index (κ1) is 13.2. The van der Waals surface area contributed by atoms with Gasteiger partial charge in [0.15, 0.2) is 0 Å². The van der Waals surface area contributed by atoms with Gasteiger partial charge in [-0.3, -0.25) is 4.68 Å². The Morgan fingerprint density at radius 3 is 2.69 bits per heavy atom. The highest BCUT2D eigenvalue weighted by atomic mass is 16.5. The quantitative estimate of drug-likeness (QED) is 0.754. The number of aryl methyl sites for hydroxylation is 2. The number of nitrogens with zero attached hydrogens (tertiary/aromatic N) is 2. The number of aliphatic hydroxyl groups excluding tert-OH is 1. The molecular formula is C12H22N2O2. The van der Waals surface area contributed by atoms with Gasteiger partial charge in [0.25, 0.3) is 0 Å². The SMILES string of the molecule is CCC(O)c1c(C)nn(CCCOC)c1C. The van der Waals surface area contributed by atoms with Crippen LogP contribution >= 0.6 is 0 Å². The predicted octanol–water partition coefficient (Wildman–Crippen LogP) is 1.98. The molecule has 0 radical (unpaired) electrons. The third-order valence-corrected chi connectivity index (χ3v) is 2.88. The van der Waals surface area contributed by atoms with Crippen LogP contribution in [0, 0.1) is 13.8 Å². The molecule has 4 nitrogen and oxygen atoms in total. The van der Waals surface area contributed by atoms with E-state index in [-0.39, 0.29) is 0 Å². The summed E-state index contributed by atoms with van der Waals surface area (Å²) in [5, 5.41) is 14.3. The summed E-state index contributed by atoms with van der Waals surface area (Å²) in [5.41, 5.74) is 2.99. The van der Waals surface area contributed by atoms with Crippen molar-refractivity contribution in [3.63, 3.8) is 0 Å². The molecule has 1 rings (SSSR count). The summed E-state index contributed by atoms with van der Waals surface area (Å²) in [6.45, 7) is 7.53. The van der Waals surface area contributed by atoms with E-state index in [9.17, 15) is 5.11 Å². The first-order valence-electron chi connectivity index (χ1n) is 5.82. The minimum Gasteiger partial charge on any atom is -0.388 e. The normalized spacial score (nSPS) is 13.1. The van der Waals surface area contributed by atoms with Crippen molar-refractivity contribution in [2.24, 2.45) is 0 Å². The van der Waals surface area contributed by atoms with Crippen molar-refractivity contribution in [2.45, 2.75) is 46.3 Å². The van der Waals surface area contributed by atoms with Gasteiger partial charge >= 0.3 is 0 Å². The summed E-state index contributed by atoms with van der Waals surface area (Å²) in [6.07, 6.45) is 1.28. The van der Waals surface area contributed by atoms with E-state index in [1.165, 1.54) is 0 Å². The van der Waals surface area contributed by atoms with E-state index in [0.29, 0.717) is 0 Å². The van der Waals surface area contributed by atoms with E-state index in [2.05, 4.69) is 5.10 Å². The Morgan fingerprint density at radius 1 is 1.44 bits per heavy atom. The smallest absolute Gasteiger partial charge is 0.0823 e. The Balaban J connectivity index is 2.80. The maximum Gasteiger partial charge on any atom is 0.0823 e. The molecule has 1 aromatic rings. The Labute approximate surface area is 97.2 Å². The Morgan fingerprint density at radius 2 is 2.12 bits per heavy atom. The molecular weight excluding hydrogens is 204 g/mol. The van der Waals surface area contributed by atoms with Crippen LogP contribution in [-0.4, -0.2) is 28.6 Å². The van der Waals surface area contributed by atoms with Gasteiger partial charge in [-0.1, -0.05) is 6.92 Å². The Hall–Kier alpha value is -0.870. The monoisotopic (exact) mass is 226 g/mol. The molecule has 1 atom stereocenters. The van der Waals surface area contributed by atoms with Crippen LogP contribution in [0.25, 0.3) is 0 Å². The van der Waals surface area contributed by atoms with Gasteiger partial charge in [0.1, 0.15) is 0 Å². The molecule has 16 heavy (non-hydrogen) atoms. The molecule has 0 saturated heterocycles. The number of aromatic nitrogens is 2. The summed E-state index contributed by atoms with van der Waals surface area (Å²) in [7, 11) is 1.70. The van der Waals surface area contributed by atoms with E-state index in [4.69, 9.17) is 4.74 Å². The van der Waals surface area contributed by atoms with Gasteiger partial charge in [-0.2, -0.15) is 5.10 Å². The first-order chi connectivity index (χ1) is 7.61. The van der Waals surface area contributed by atoms with E-state index in [1.807, 2.05) is 25.5 Å². The van der Waals surface area contributed by atoms with Gasteiger partial charge < -0.3 is 9.84 Å². The molecule has 0 bridgehead atoms. The minimum atomic E-state index is -0.392. The summed E-state index contributed by atoms with van der Waals surface area (Å²) >= 11 is 0. The molecule has 0 fully saturated rings. The molecule has 0 aliphatic carbocycles. The molecule has 0 spiro atoms. The fourth-order valence-corrected chi connectivity index (χ4v) is 1.97. The van der Waals surface area contributed by atoms with E-state index in [0.717, 1.165) is 42.9 Å². The van der Waals surface area contributed by atoms with Crippen LogP contribution in [0.2, 0.25) is 0 Å². The van der Waals surface area contributed by atoms with Crippen LogP contribution in [0.3, 0.4) is 0 Å². The van der Waals surface area contributed by atoms with Crippen LogP contribution in [0.15, 0.2) is 0 Å².